The average Bonchev–Trinajstić information content (AvgIpc) is 3.01. The van der Waals surface area contributed by atoms with Crippen molar-refractivity contribution in [1.29, 1.82) is 0 Å². The molecule has 0 bridgehead atoms. The molecule has 0 amide bonds. The quantitative estimate of drug-likeness (QED) is 0.747. The van der Waals surface area contributed by atoms with Crippen molar-refractivity contribution in [3.63, 3.8) is 0 Å². The van der Waals surface area contributed by atoms with Crippen molar-refractivity contribution in [3.8, 4) is 11.5 Å². The van der Waals surface area contributed by atoms with Gasteiger partial charge in [0.05, 0.1) is 0 Å². The molecule has 26 heavy (non-hydrogen) atoms. The fourth-order valence-corrected chi connectivity index (χ4v) is 1.90. The van der Waals surface area contributed by atoms with Crippen LogP contribution < -0.4 is 5.32 Å². The van der Waals surface area contributed by atoms with E-state index in [0.717, 1.165) is 6.26 Å². The summed E-state index contributed by atoms with van der Waals surface area (Å²) >= 11 is 0. The number of pyridine rings is 1. The van der Waals surface area contributed by atoms with Gasteiger partial charge in [0.25, 0.3) is 6.43 Å². The van der Waals surface area contributed by atoms with E-state index in [-0.39, 0.29) is 17.4 Å². The first kappa shape index (κ1) is 19.3. The lowest BCUT2D eigenvalue weighted by Gasteiger charge is -2.24. The van der Waals surface area contributed by atoms with Gasteiger partial charge < -0.3 is 19.6 Å². The lowest BCUT2D eigenvalue weighted by atomic mass is 10.2. The van der Waals surface area contributed by atoms with Gasteiger partial charge in [-0.2, -0.15) is 0 Å². The van der Waals surface area contributed by atoms with Crippen molar-refractivity contribution >= 4 is 17.8 Å². The maximum atomic E-state index is 13.2. The molecule has 2 aromatic rings. The number of nitrogens with zero attached hydrogens (tertiary/aromatic N) is 2. The minimum Gasteiger partial charge on any atom is -0.476 e. The number of anilines is 1. The van der Waals surface area contributed by atoms with Crippen LogP contribution in [0.1, 0.15) is 31.3 Å². The number of oxazole rings is 1. The van der Waals surface area contributed by atoms with E-state index in [9.17, 15) is 18.4 Å². The number of carbonyl (C=O) groups is 2. The third kappa shape index (κ3) is 4.98. The van der Waals surface area contributed by atoms with Gasteiger partial charge in [-0.15, -0.1) is 0 Å². The van der Waals surface area contributed by atoms with Gasteiger partial charge in [0.15, 0.2) is 11.7 Å². The number of aromatic carboxylic acids is 1. The summed E-state index contributed by atoms with van der Waals surface area (Å²) in [4.78, 5) is 30.4. The van der Waals surface area contributed by atoms with Crippen LogP contribution in [0.15, 0.2) is 29.0 Å². The first-order valence-electron chi connectivity index (χ1n) is 7.49. The molecule has 0 fully saturated rings. The van der Waals surface area contributed by atoms with Gasteiger partial charge in [-0.1, -0.05) is 0 Å². The van der Waals surface area contributed by atoms with Gasteiger partial charge in [0.2, 0.25) is 5.89 Å². The molecule has 10 heteroatoms. The molecule has 0 saturated heterocycles. The number of carbonyl (C=O) groups excluding carboxylic acids is 1. The highest BCUT2D eigenvalue weighted by atomic mass is 19.3. The normalized spacial score (nSPS) is 12.7. The number of aromatic nitrogens is 2. The van der Waals surface area contributed by atoms with E-state index in [1.807, 2.05) is 0 Å². The van der Waals surface area contributed by atoms with E-state index in [0.29, 0.717) is 5.56 Å². The Hall–Kier alpha value is -3.04. The summed E-state index contributed by atoms with van der Waals surface area (Å²) in [5.74, 6) is -2.47. The van der Waals surface area contributed by atoms with Gasteiger partial charge in [-0.05, 0) is 32.9 Å². The van der Waals surface area contributed by atoms with Crippen molar-refractivity contribution in [1.82, 2.24) is 9.97 Å². The SMILES string of the molecule is CC(C)(C)OC(=O)C(Nc1cc(-c2nc(C(=O)O)co2)ccn1)C(F)F. The highest BCUT2D eigenvalue weighted by Gasteiger charge is 2.33. The highest BCUT2D eigenvalue weighted by Crippen LogP contribution is 2.22. The number of esters is 1. The van der Waals surface area contributed by atoms with E-state index in [1.165, 1.54) is 18.3 Å². The Morgan fingerprint density at radius 2 is 2.04 bits per heavy atom. The van der Waals surface area contributed by atoms with Crippen molar-refractivity contribution < 1.29 is 32.6 Å². The van der Waals surface area contributed by atoms with Crippen LogP contribution in [0.5, 0.6) is 0 Å². The van der Waals surface area contributed by atoms with Crippen molar-refractivity contribution in [3.05, 3.63) is 30.3 Å². The minimum atomic E-state index is -3.03. The number of carboxylic acid groups (broad SMARTS) is 1. The molecule has 2 heterocycles. The molecule has 2 N–H and O–H groups in total. The largest absolute Gasteiger partial charge is 0.476 e. The molecule has 2 rings (SSSR count). The van der Waals surface area contributed by atoms with Crippen LogP contribution in [0.2, 0.25) is 0 Å². The number of carboxylic acids is 1. The minimum absolute atomic E-state index is 0.0290. The lowest BCUT2D eigenvalue weighted by molar-refractivity contribution is -0.159. The number of nitrogens with one attached hydrogen (secondary N) is 1. The molecule has 0 saturated carbocycles. The average molecular weight is 369 g/mol. The highest BCUT2D eigenvalue weighted by molar-refractivity contribution is 5.85. The van der Waals surface area contributed by atoms with E-state index in [4.69, 9.17) is 14.3 Å². The molecule has 1 atom stereocenters. The molecule has 0 spiro atoms. The lowest BCUT2D eigenvalue weighted by Crippen LogP contribution is -2.41. The Labute approximate surface area is 147 Å². The maximum Gasteiger partial charge on any atom is 0.357 e. The van der Waals surface area contributed by atoms with Crippen LogP contribution in [0.25, 0.3) is 11.5 Å². The predicted molar refractivity (Wildman–Crippen MR) is 86.0 cm³/mol. The van der Waals surface area contributed by atoms with Gasteiger partial charge in [-0.25, -0.2) is 28.3 Å². The summed E-state index contributed by atoms with van der Waals surface area (Å²) < 4.78 is 36.5. The van der Waals surface area contributed by atoms with E-state index < -0.39 is 30.0 Å². The van der Waals surface area contributed by atoms with Crippen molar-refractivity contribution in [2.24, 2.45) is 0 Å². The zero-order chi connectivity index (χ0) is 19.5. The number of rotatable bonds is 6. The van der Waals surface area contributed by atoms with Crippen LogP contribution in [0, 0.1) is 0 Å². The van der Waals surface area contributed by atoms with Crippen LogP contribution >= 0.6 is 0 Å². The summed E-state index contributed by atoms with van der Waals surface area (Å²) in [6.07, 6.45) is -0.802. The Kier molecular flexibility index (Phi) is 5.53. The fourth-order valence-electron chi connectivity index (χ4n) is 1.90. The molecule has 0 aromatic carbocycles. The summed E-state index contributed by atoms with van der Waals surface area (Å²) in [6, 6.07) is 0.834. The number of halogens is 2. The van der Waals surface area contributed by atoms with Gasteiger partial charge in [0, 0.05) is 11.8 Å². The zero-order valence-electron chi connectivity index (χ0n) is 14.2. The van der Waals surface area contributed by atoms with Crippen LogP contribution in [0.3, 0.4) is 0 Å². The van der Waals surface area contributed by atoms with Crippen LogP contribution in [0.4, 0.5) is 14.6 Å². The number of alkyl halides is 2. The Balaban J connectivity index is 2.22. The van der Waals surface area contributed by atoms with Crippen molar-refractivity contribution in [2.75, 3.05) is 5.32 Å². The Morgan fingerprint density at radius 3 is 2.58 bits per heavy atom. The molecule has 2 aromatic heterocycles. The third-order valence-corrected chi connectivity index (χ3v) is 2.95. The molecular formula is C16H17F2N3O5. The van der Waals surface area contributed by atoms with Gasteiger partial charge in [-0.3, -0.25) is 0 Å². The molecule has 0 aliphatic heterocycles. The van der Waals surface area contributed by atoms with E-state index in [1.54, 1.807) is 20.8 Å². The second-order valence-electron chi connectivity index (χ2n) is 6.26. The molecule has 1 unspecified atom stereocenters. The zero-order valence-corrected chi connectivity index (χ0v) is 14.2. The second-order valence-corrected chi connectivity index (χ2v) is 6.26. The molecule has 0 aliphatic carbocycles. The smallest absolute Gasteiger partial charge is 0.357 e. The molecular weight excluding hydrogens is 352 g/mol. The first-order chi connectivity index (χ1) is 12.1. The fraction of sp³-hybridized carbons (Fsp3) is 0.375. The molecule has 8 nitrogen and oxygen atoms in total. The van der Waals surface area contributed by atoms with Gasteiger partial charge in [0.1, 0.15) is 17.7 Å². The number of ether oxygens (including phenoxy) is 1. The monoisotopic (exact) mass is 369 g/mol. The summed E-state index contributed by atoms with van der Waals surface area (Å²) in [7, 11) is 0. The molecule has 0 radical (unpaired) electrons. The van der Waals surface area contributed by atoms with Crippen LogP contribution in [-0.4, -0.2) is 45.1 Å². The van der Waals surface area contributed by atoms with Crippen LogP contribution in [-0.2, 0) is 9.53 Å². The van der Waals surface area contributed by atoms with Gasteiger partial charge >= 0.3 is 11.9 Å². The number of hydrogen-bond acceptors (Lipinski definition) is 7. The molecule has 0 aliphatic rings. The summed E-state index contributed by atoms with van der Waals surface area (Å²) in [6.45, 7) is 4.69. The standard InChI is InChI=1S/C16H17F2N3O5/c1-16(2,3)26-15(24)11(12(17)18)21-10-6-8(4-5-19-10)13-20-9(7-25-13)14(22)23/h4-7,11-12H,1-3H3,(H,19,21)(H,22,23). The third-order valence-electron chi connectivity index (χ3n) is 2.95. The second kappa shape index (κ2) is 7.46. The molecule has 140 valence electrons. The predicted octanol–water partition coefficient (Wildman–Crippen LogP) is 2.82. The summed E-state index contributed by atoms with van der Waals surface area (Å²) in [5.41, 5.74) is -0.926. The number of hydrogen-bond donors (Lipinski definition) is 2. The topological polar surface area (TPSA) is 115 Å². The van der Waals surface area contributed by atoms with E-state index in [2.05, 4.69) is 15.3 Å². The summed E-state index contributed by atoms with van der Waals surface area (Å²) in [5, 5.41) is 11.2. The van der Waals surface area contributed by atoms with E-state index >= 15 is 0 Å². The Morgan fingerprint density at radius 1 is 1.35 bits per heavy atom. The maximum absolute atomic E-state index is 13.2. The van der Waals surface area contributed by atoms with Crippen molar-refractivity contribution in [2.45, 2.75) is 38.8 Å². The Bertz CT molecular complexity index is 801. The first-order valence-corrected chi connectivity index (χ1v) is 7.49.